The van der Waals surface area contributed by atoms with Gasteiger partial charge in [-0.3, -0.25) is 0 Å². The Morgan fingerprint density at radius 3 is 3.11 bits per heavy atom. The molecule has 0 aliphatic carbocycles. The number of fused-ring (bicyclic) bond motifs is 1. The van der Waals surface area contributed by atoms with Crippen molar-refractivity contribution in [1.82, 2.24) is 9.97 Å². The van der Waals surface area contributed by atoms with Crippen molar-refractivity contribution in [2.24, 2.45) is 0 Å². The number of nitrogens with one attached hydrogen (secondary N) is 1. The smallest absolute Gasteiger partial charge is 0.0933 e. The highest BCUT2D eigenvalue weighted by Gasteiger charge is 2.09. The first-order chi connectivity index (χ1) is 9.38. The van der Waals surface area contributed by atoms with Crippen LogP contribution in [0, 0.1) is 0 Å². The average molecular weight is 272 g/mol. The Hall–Kier alpha value is -1.65. The molecule has 0 saturated carbocycles. The van der Waals surface area contributed by atoms with E-state index in [4.69, 9.17) is 9.72 Å². The van der Waals surface area contributed by atoms with Crippen molar-refractivity contribution < 1.29 is 4.74 Å². The maximum absolute atomic E-state index is 5.07. The number of para-hydroxylation sites is 1. The molecular formula is C15H16N2OS. The Morgan fingerprint density at radius 1 is 1.32 bits per heavy atom. The number of methoxy groups -OCH3 is 1. The van der Waals surface area contributed by atoms with Gasteiger partial charge in [-0.1, -0.05) is 18.2 Å². The number of ether oxygens (including phenoxy) is 1. The van der Waals surface area contributed by atoms with Gasteiger partial charge in [0, 0.05) is 48.2 Å². The quantitative estimate of drug-likeness (QED) is 0.716. The molecule has 0 bridgehead atoms. The Labute approximate surface area is 116 Å². The molecule has 0 saturated heterocycles. The summed E-state index contributed by atoms with van der Waals surface area (Å²) >= 11 is 1.73. The second-order valence-electron chi connectivity index (χ2n) is 4.47. The first-order valence-electron chi connectivity index (χ1n) is 6.38. The Balaban J connectivity index is 1.86. The molecule has 2 aromatic heterocycles. The first kappa shape index (κ1) is 12.4. The monoisotopic (exact) mass is 272 g/mol. The van der Waals surface area contributed by atoms with Gasteiger partial charge in [0.15, 0.2) is 0 Å². The van der Waals surface area contributed by atoms with Crippen LogP contribution in [0.15, 0.2) is 35.8 Å². The number of hydrogen-bond donors (Lipinski definition) is 1. The predicted octanol–water partition coefficient (Wildman–Crippen LogP) is 3.87. The molecule has 1 aromatic carbocycles. The molecule has 4 heteroatoms. The van der Waals surface area contributed by atoms with Crippen molar-refractivity contribution >= 4 is 22.2 Å². The molecule has 2 heterocycles. The fourth-order valence-corrected chi connectivity index (χ4v) is 3.04. The summed E-state index contributed by atoms with van der Waals surface area (Å²) in [7, 11) is 1.74. The molecule has 0 unspecified atom stereocenters. The van der Waals surface area contributed by atoms with Crippen molar-refractivity contribution in [1.29, 1.82) is 0 Å². The van der Waals surface area contributed by atoms with Crippen molar-refractivity contribution in [2.45, 2.75) is 12.8 Å². The lowest BCUT2D eigenvalue weighted by molar-refractivity contribution is 0.195. The number of aromatic nitrogens is 2. The highest BCUT2D eigenvalue weighted by molar-refractivity contribution is 7.09. The summed E-state index contributed by atoms with van der Waals surface area (Å²) in [5.74, 6) is 0. The van der Waals surface area contributed by atoms with Crippen LogP contribution in [0.4, 0.5) is 0 Å². The molecule has 0 amide bonds. The number of thiazole rings is 1. The molecule has 19 heavy (non-hydrogen) atoms. The zero-order valence-corrected chi connectivity index (χ0v) is 11.7. The zero-order valence-electron chi connectivity index (χ0n) is 10.8. The molecule has 3 nitrogen and oxygen atoms in total. The number of rotatable bonds is 5. The molecule has 3 aromatic rings. The fourth-order valence-electron chi connectivity index (χ4n) is 2.20. The van der Waals surface area contributed by atoms with E-state index in [0.29, 0.717) is 0 Å². The molecule has 0 radical (unpaired) electrons. The van der Waals surface area contributed by atoms with E-state index >= 15 is 0 Å². The number of benzene rings is 1. The van der Waals surface area contributed by atoms with Gasteiger partial charge in [0.1, 0.15) is 0 Å². The summed E-state index contributed by atoms with van der Waals surface area (Å²) in [6.07, 6.45) is 4.05. The highest BCUT2D eigenvalue weighted by Crippen LogP contribution is 2.29. The minimum absolute atomic E-state index is 0.794. The van der Waals surface area contributed by atoms with E-state index in [9.17, 15) is 0 Å². The third-order valence-corrected chi connectivity index (χ3v) is 4.06. The third kappa shape index (κ3) is 2.55. The van der Waals surface area contributed by atoms with Crippen LogP contribution in [0.1, 0.15) is 11.4 Å². The zero-order chi connectivity index (χ0) is 13.1. The van der Waals surface area contributed by atoms with Crippen LogP contribution >= 0.6 is 11.3 Å². The van der Waals surface area contributed by atoms with Gasteiger partial charge in [0.25, 0.3) is 0 Å². The molecule has 0 fully saturated rings. The maximum Gasteiger partial charge on any atom is 0.0933 e. The Morgan fingerprint density at radius 2 is 2.21 bits per heavy atom. The topological polar surface area (TPSA) is 37.9 Å². The molecule has 0 aliphatic heterocycles. The molecule has 1 N–H and O–H groups in total. The van der Waals surface area contributed by atoms with Crippen LogP contribution in [-0.4, -0.2) is 23.7 Å². The summed E-state index contributed by atoms with van der Waals surface area (Å²) in [5, 5.41) is 4.55. The highest BCUT2D eigenvalue weighted by atomic mass is 32.1. The van der Waals surface area contributed by atoms with E-state index in [-0.39, 0.29) is 0 Å². The summed E-state index contributed by atoms with van der Waals surface area (Å²) in [5.41, 5.74) is 3.41. The fraction of sp³-hybridized carbons (Fsp3) is 0.267. The van der Waals surface area contributed by atoms with Crippen LogP contribution in [0.3, 0.4) is 0 Å². The summed E-state index contributed by atoms with van der Waals surface area (Å²) in [6.45, 7) is 0.794. The van der Waals surface area contributed by atoms with E-state index in [0.717, 1.165) is 30.7 Å². The number of aryl methyl sites for hydroxylation is 1. The van der Waals surface area contributed by atoms with Crippen LogP contribution in [-0.2, 0) is 11.2 Å². The van der Waals surface area contributed by atoms with Crippen molar-refractivity contribution in [2.75, 3.05) is 13.7 Å². The molecule has 0 atom stereocenters. The van der Waals surface area contributed by atoms with Crippen LogP contribution in [0.5, 0.6) is 0 Å². The van der Waals surface area contributed by atoms with Crippen LogP contribution in [0.2, 0.25) is 0 Å². The summed E-state index contributed by atoms with van der Waals surface area (Å²) in [4.78, 5) is 8.01. The lowest BCUT2D eigenvalue weighted by Gasteiger charge is -1.96. The predicted molar refractivity (Wildman–Crippen MR) is 79.6 cm³/mol. The lowest BCUT2D eigenvalue weighted by Crippen LogP contribution is -1.91. The Kier molecular flexibility index (Phi) is 3.62. The number of aromatic amines is 1. The van der Waals surface area contributed by atoms with Gasteiger partial charge in [0.2, 0.25) is 0 Å². The van der Waals surface area contributed by atoms with E-state index in [1.165, 1.54) is 16.0 Å². The molecule has 98 valence electrons. The number of nitrogens with zero attached hydrogens (tertiary/aromatic N) is 1. The van der Waals surface area contributed by atoms with E-state index < -0.39 is 0 Å². The third-order valence-electron chi connectivity index (χ3n) is 3.16. The molecule has 0 spiro atoms. The first-order valence-corrected chi connectivity index (χ1v) is 7.26. The standard InChI is InChI=1S/C15H16N2OS/c1-18-8-4-7-15-17-14(10-19-15)12-9-16-13-6-3-2-5-11(12)13/h2-3,5-6,9-10,16H,4,7-8H2,1H3. The van der Waals surface area contributed by atoms with Crippen molar-refractivity contribution in [3.63, 3.8) is 0 Å². The molecule has 3 rings (SSSR count). The summed E-state index contributed by atoms with van der Waals surface area (Å²) < 4.78 is 5.07. The van der Waals surface area contributed by atoms with Crippen LogP contribution < -0.4 is 0 Å². The van der Waals surface area contributed by atoms with Gasteiger partial charge < -0.3 is 9.72 Å². The normalized spacial score (nSPS) is 11.2. The number of hydrogen-bond acceptors (Lipinski definition) is 3. The van der Waals surface area contributed by atoms with Gasteiger partial charge in [-0.25, -0.2) is 4.98 Å². The minimum atomic E-state index is 0.794. The van der Waals surface area contributed by atoms with Crippen molar-refractivity contribution in [3.8, 4) is 11.3 Å². The van der Waals surface area contributed by atoms with Gasteiger partial charge in [-0.2, -0.15) is 0 Å². The average Bonchev–Trinajstić information content (AvgIpc) is 3.05. The SMILES string of the molecule is COCCCc1nc(-c2c[nH]c3ccccc23)cs1. The van der Waals surface area contributed by atoms with Crippen LogP contribution in [0.25, 0.3) is 22.2 Å². The van der Waals surface area contributed by atoms with Gasteiger partial charge in [0.05, 0.1) is 10.7 Å². The lowest BCUT2D eigenvalue weighted by atomic mass is 10.1. The minimum Gasteiger partial charge on any atom is -0.385 e. The van der Waals surface area contributed by atoms with E-state index in [1.807, 2.05) is 12.3 Å². The van der Waals surface area contributed by atoms with Gasteiger partial charge >= 0.3 is 0 Å². The van der Waals surface area contributed by atoms with Gasteiger partial charge in [-0.15, -0.1) is 11.3 Å². The maximum atomic E-state index is 5.07. The second-order valence-corrected chi connectivity index (χ2v) is 5.41. The van der Waals surface area contributed by atoms with Gasteiger partial charge in [-0.05, 0) is 12.5 Å². The van der Waals surface area contributed by atoms with E-state index in [1.54, 1.807) is 18.4 Å². The molecule has 0 aliphatic rings. The summed E-state index contributed by atoms with van der Waals surface area (Å²) in [6, 6.07) is 8.32. The van der Waals surface area contributed by atoms with Crippen molar-refractivity contribution in [3.05, 3.63) is 40.8 Å². The number of H-pyrrole nitrogens is 1. The largest absolute Gasteiger partial charge is 0.385 e. The molecular weight excluding hydrogens is 256 g/mol. The second kappa shape index (κ2) is 5.55. The Bertz CT molecular complexity index is 671. The van der Waals surface area contributed by atoms with E-state index in [2.05, 4.69) is 28.6 Å².